The van der Waals surface area contributed by atoms with Crippen LogP contribution in [0.3, 0.4) is 0 Å². The molecule has 0 aliphatic carbocycles. The Hall–Kier alpha value is -1.81. The van der Waals surface area contributed by atoms with Crippen molar-refractivity contribution in [1.82, 2.24) is 9.55 Å². The maximum absolute atomic E-state index is 10.3. The maximum Gasteiger partial charge on any atom is 0.143 e. The van der Waals surface area contributed by atoms with Crippen LogP contribution in [0.15, 0.2) is 36.8 Å². The van der Waals surface area contributed by atoms with Crippen molar-refractivity contribution in [2.45, 2.75) is 38.5 Å². The Kier molecular flexibility index (Phi) is 3.03. The van der Waals surface area contributed by atoms with Crippen molar-refractivity contribution in [3.8, 4) is 5.75 Å². The van der Waals surface area contributed by atoms with E-state index in [0.29, 0.717) is 12.5 Å². The summed E-state index contributed by atoms with van der Waals surface area (Å²) in [5, 5.41) is 10.3. The zero-order valence-corrected chi connectivity index (χ0v) is 11.2. The molecule has 0 amide bonds. The number of aromatic nitrogens is 2. The fraction of sp³-hybridized carbons (Fsp3) is 0.400. The first-order chi connectivity index (χ1) is 9.16. The minimum atomic E-state index is -0.481. The zero-order valence-electron chi connectivity index (χ0n) is 11.2. The van der Waals surface area contributed by atoms with E-state index in [0.717, 1.165) is 17.0 Å². The van der Waals surface area contributed by atoms with Crippen LogP contribution in [0, 0.1) is 0 Å². The summed E-state index contributed by atoms with van der Waals surface area (Å²) in [4.78, 5) is 4.20. The van der Waals surface area contributed by atoms with Crippen LogP contribution in [0.5, 0.6) is 5.75 Å². The van der Waals surface area contributed by atoms with Crippen LogP contribution in [0.2, 0.25) is 0 Å². The van der Waals surface area contributed by atoms with E-state index in [-0.39, 0.29) is 6.10 Å². The van der Waals surface area contributed by atoms with Crippen molar-refractivity contribution in [3.05, 3.63) is 48.0 Å². The number of aliphatic hydroxyl groups is 1. The van der Waals surface area contributed by atoms with Gasteiger partial charge in [-0.05, 0) is 19.9 Å². The van der Waals surface area contributed by atoms with Gasteiger partial charge in [-0.3, -0.25) is 0 Å². The van der Waals surface area contributed by atoms with Gasteiger partial charge in [-0.2, -0.15) is 0 Å². The molecule has 0 bridgehead atoms. The first-order valence-corrected chi connectivity index (χ1v) is 6.62. The highest BCUT2D eigenvalue weighted by Crippen LogP contribution is 2.40. The summed E-state index contributed by atoms with van der Waals surface area (Å²) in [5.41, 5.74) is 1.89. The number of benzene rings is 1. The predicted octanol–water partition coefficient (Wildman–Crippen LogP) is 3.02. The van der Waals surface area contributed by atoms with E-state index in [2.05, 4.69) is 23.4 Å². The number of hydrogen-bond acceptors (Lipinski definition) is 3. The van der Waals surface area contributed by atoms with Crippen LogP contribution in [0.25, 0.3) is 0 Å². The van der Waals surface area contributed by atoms with Crippen molar-refractivity contribution in [2.75, 3.05) is 0 Å². The lowest BCUT2D eigenvalue weighted by Crippen LogP contribution is -2.21. The summed E-state index contributed by atoms with van der Waals surface area (Å²) >= 11 is 0. The molecule has 2 aromatic rings. The fourth-order valence-electron chi connectivity index (χ4n) is 2.57. The lowest BCUT2D eigenvalue weighted by molar-refractivity contribution is 0.0614. The molecule has 1 aromatic carbocycles. The molecule has 1 aromatic heterocycles. The van der Waals surface area contributed by atoms with Gasteiger partial charge in [0.25, 0.3) is 0 Å². The quantitative estimate of drug-likeness (QED) is 0.900. The summed E-state index contributed by atoms with van der Waals surface area (Å²) in [6, 6.07) is 7.99. The molecule has 100 valence electrons. The first kappa shape index (κ1) is 12.2. The van der Waals surface area contributed by atoms with Gasteiger partial charge < -0.3 is 14.4 Å². The standard InChI is InChI=1S/C15H18N2O2/c1-10(2)17-9-16-8-12(17)15-7-13(18)11-5-3-4-6-14(11)19-15/h3-6,8-10,13,15,18H,7H2,1-2H3/t13-,15?/m0/s1. The molecule has 1 aliphatic rings. The second kappa shape index (κ2) is 4.70. The molecular weight excluding hydrogens is 240 g/mol. The van der Waals surface area contributed by atoms with Crippen molar-refractivity contribution in [2.24, 2.45) is 0 Å². The minimum Gasteiger partial charge on any atom is -0.484 e. The Morgan fingerprint density at radius 3 is 2.95 bits per heavy atom. The summed E-state index contributed by atoms with van der Waals surface area (Å²) in [6.45, 7) is 4.22. The van der Waals surface area contributed by atoms with Gasteiger partial charge in [-0.1, -0.05) is 18.2 Å². The number of imidazole rings is 1. The lowest BCUT2D eigenvalue weighted by Gasteiger charge is -2.30. The Morgan fingerprint density at radius 2 is 2.16 bits per heavy atom. The highest BCUT2D eigenvalue weighted by Gasteiger charge is 2.29. The monoisotopic (exact) mass is 258 g/mol. The highest BCUT2D eigenvalue weighted by molar-refractivity contribution is 5.37. The number of nitrogens with zero attached hydrogens (tertiary/aromatic N) is 2. The second-order valence-electron chi connectivity index (χ2n) is 5.22. The predicted molar refractivity (Wildman–Crippen MR) is 72.0 cm³/mol. The average Bonchev–Trinajstić information content (AvgIpc) is 2.88. The van der Waals surface area contributed by atoms with E-state index in [1.54, 1.807) is 0 Å². The molecule has 3 rings (SSSR count). The fourth-order valence-corrected chi connectivity index (χ4v) is 2.57. The van der Waals surface area contributed by atoms with Gasteiger partial charge in [0, 0.05) is 18.0 Å². The number of fused-ring (bicyclic) bond motifs is 1. The van der Waals surface area contributed by atoms with E-state index < -0.39 is 6.10 Å². The molecule has 1 N–H and O–H groups in total. The molecule has 4 nitrogen and oxygen atoms in total. The molecule has 0 saturated heterocycles. The molecule has 0 radical (unpaired) electrons. The van der Waals surface area contributed by atoms with Gasteiger partial charge in [-0.15, -0.1) is 0 Å². The van der Waals surface area contributed by atoms with E-state index in [1.165, 1.54) is 0 Å². The molecule has 0 spiro atoms. The Labute approximate surface area is 112 Å². The lowest BCUT2D eigenvalue weighted by atomic mass is 9.97. The normalized spacial score (nSPS) is 22.1. The molecule has 4 heteroatoms. The largest absolute Gasteiger partial charge is 0.484 e. The number of hydrogen-bond donors (Lipinski definition) is 1. The van der Waals surface area contributed by atoms with Gasteiger partial charge in [0.15, 0.2) is 0 Å². The molecule has 19 heavy (non-hydrogen) atoms. The number of ether oxygens (including phenoxy) is 1. The molecule has 1 unspecified atom stereocenters. The molecule has 1 aliphatic heterocycles. The van der Waals surface area contributed by atoms with Crippen LogP contribution in [-0.4, -0.2) is 14.7 Å². The summed E-state index contributed by atoms with van der Waals surface area (Å²) < 4.78 is 8.11. The molecule has 2 atom stereocenters. The van der Waals surface area contributed by atoms with Crippen molar-refractivity contribution in [1.29, 1.82) is 0 Å². The highest BCUT2D eigenvalue weighted by atomic mass is 16.5. The third kappa shape index (κ3) is 2.12. The van der Waals surface area contributed by atoms with Gasteiger partial charge in [0.05, 0.1) is 24.3 Å². The van der Waals surface area contributed by atoms with Crippen LogP contribution in [0.4, 0.5) is 0 Å². The average molecular weight is 258 g/mol. The topological polar surface area (TPSA) is 47.3 Å². The van der Waals surface area contributed by atoms with Crippen molar-refractivity contribution in [3.63, 3.8) is 0 Å². The van der Waals surface area contributed by atoms with E-state index >= 15 is 0 Å². The Morgan fingerprint density at radius 1 is 1.37 bits per heavy atom. The molecule has 0 saturated carbocycles. The van der Waals surface area contributed by atoms with Gasteiger partial charge >= 0.3 is 0 Å². The number of aliphatic hydroxyl groups excluding tert-OH is 1. The van der Waals surface area contributed by atoms with Crippen LogP contribution in [-0.2, 0) is 0 Å². The van der Waals surface area contributed by atoms with Crippen molar-refractivity contribution < 1.29 is 9.84 Å². The zero-order chi connectivity index (χ0) is 13.4. The molecular formula is C15H18N2O2. The minimum absolute atomic E-state index is 0.144. The molecule has 2 heterocycles. The van der Waals surface area contributed by atoms with Crippen LogP contribution >= 0.6 is 0 Å². The van der Waals surface area contributed by atoms with E-state index in [1.807, 2.05) is 36.8 Å². The maximum atomic E-state index is 10.3. The third-order valence-corrected chi connectivity index (χ3v) is 3.57. The number of para-hydroxylation sites is 1. The summed E-state index contributed by atoms with van der Waals surface area (Å²) in [7, 11) is 0. The van der Waals surface area contributed by atoms with Crippen LogP contribution < -0.4 is 4.74 Å². The first-order valence-electron chi connectivity index (χ1n) is 6.62. The smallest absolute Gasteiger partial charge is 0.143 e. The summed E-state index contributed by atoms with van der Waals surface area (Å²) in [5.74, 6) is 0.766. The van der Waals surface area contributed by atoms with E-state index in [4.69, 9.17) is 4.74 Å². The second-order valence-corrected chi connectivity index (χ2v) is 5.22. The molecule has 0 fully saturated rings. The summed E-state index contributed by atoms with van der Waals surface area (Å²) in [6.07, 6.45) is 3.58. The Balaban J connectivity index is 1.95. The Bertz CT molecular complexity index is 577. The number of rotatable bonds is 2. The van der Waals surface area contributed by atoms with Gasteiger partial charge in [-0.25, -0.2) is 4.98 Å². The SMILES string of the molecule is CC(C)n1cncc1C1C[C@H](O)c2ccccc2O1. The van der Waals surface area contributed by atoms with Gasteiger partial charge in [0.1, 0.15) is 11.9 Å². The third-order valence-electron chi connectivity index (χ3n) is 3.57. The van der Waals surface area contributed by atoms with E-state index in [9.17, 15) is 5.11 Å². The van der Waals surface area contributed by atoms with Crippen LogP contribution in [0.1, 0.15) is 49.8 Å². The van der Waals surface area contributed by atoms with Crippen molar-refractivity contribution >= 4 is 0 Å². The van der Waals surface area contributed by atoms with Gasteiger partial charge in [0.2, 0.25) is 0 Å².